The lowest BCUT2D eigenvalue weighted by Gasteiger charge is -2.08. The Bertz CT molecular complexity index is 1180. The molecule has 0 N–H and O–H groups in total. The summed E-state index contributed by atoms with van der Waals surface area (Å²) in [6.07, 6.45) is -0.786. The first-order chi connectivity index (χ1) is 15.5. The van der Waals surface area contributed by atoms with Crippen LogP contribution in [0.4, 0.5) is 4.39 Å². The van der Waals surface area contributed by atoms with Gasteiger partial charge in [0, 0.05) is 5.56 Å². The molecule has 0 aliphatic carbocycles. The third-order valence-electron chi connectivity index (χ3n) is 4.47. The fraction of sp³-hybridized carbons (Fsp3) is 0.174. The van der Waals surface area contributed by atoms with Gasteiger partial charge >= 0.3 is 5.97 Å². The molecule has 2 aromatic carbocycles. The number of furan rings is 1. The number of aromatic nitrogens is 2. The van der Waals surface area contributed by atoms with E-state index in [9.17, 15) is 9.18 Å². The first kappa shape index (κ1) is 21.1. The lowest BCUT2D eigenvalue weighted by atomic mass is 10.2. The molecule has 1 atom stereocenters. The highest BCUT2D eigenvalue weighted by Gasteiger charge is 2.22. The largest absolute Gasteiger partial charge is 0.497 e. The first-order valence-electron chi connectivity index (χ1n) is 9.67. The summed E-state index contributed by atoms with van der Waals surface area (Å²) in [5.41, 5.74) is 0.708. The summed E-state index contributed by atoms with van der Waals surface area (Å²) in [4.78, 5) is 12.4. The van der Waals surface area contributed by atoms with E-state index in [0.717, 1.165) is 0 Å². The van der Waals surface area contributed by atoms with E-state index < -0.39 is 12.1 Å². The third kappa shape index (κ3) is 4.94. The number of carbonyl (C=O) groups is 1. The number of ether oxygens (including phenoxy) is 3. The van der Waals surface area contributed by atoms with Crippen LogP contribution >= 0.6 is 0 Å². The predicted octanol–water partition coefficient (Wildman–Crippen LogP) is 4.97. The van der Waals surface area contributed by atoms with Crippen LogP contribution in [0.3, 0.4) is 0 Å². The molecule has 0 saturated heterocycles. The average Bonchev–Trinajstić information content (AvgIpc) is 3.49. The molecule has 0 fully saturated rings. The fourth-order valence-corrected chi connectivity index (χ4v) is 2.77. The van der Waals surface area contributed by atoms with Crippen LogP contribution in [0.2, 0.25) is 0 Å². The minimum atomic E-state index is -0.786. The van der Waals surface area contributed by atoms with Crippen molar-refractivity contribution >= 4 is 5.97 Å². The van der Waals surface area contributed by atoms with Crippen molar-refractivity contribution < 1.29 is 32.2 Å². The van der Waals surface area contributed by atoms with Crippen molar-refractivity contribution in [3.8, 4) is 23.0 Å². The molecule has 4 aromatic rings. The fourth-order valence-electron chi connectivity index (χ4n) is 2.77. The second-order valence-electron chi connectivity index (χ2n) is 6.73. The molecule has 2 heterocycles. The van der Waals surface area contributed by atoms with E-state index in [4.69, 9.17) is 23.0 Å². The number of esters is 1. The van der Waals surface area contributed by atoms with Crippen molar-refractivity contribution in [3.63, 3.8) is 0 Å². The van der Waals surface area contributed by atoms with Crippen LogP contribution in [-0.4, -0.2) is 23.3 Å². The molecule has 2 aromatic heterocycles. The average molecular weight is 438 g/mol. The number of halogens is 1. The van der Waals surface area contributed by atoms with Gasteiger partial charge in [0.1, 0.15) is 29.7 Å². The van der Waals surface area contributed by atoms with Gasteiger partial charge in [-0.25, -0.2) is 9.18 Å². The Morgan fingerprint density at radius 1 is 0.969 bits per heavy atom. The van der Waals surface area contributed by atoms with E-state index in [0.29, 0.717) is 28.7 Å². The molecule has 0 aliphatic rings. The van der Waals surface area contributed by atoms with Gasteiger partial charge in [-0.05, 0) is 67.6 Å². The van der Waals surface area contributed by atoms with Crippen LogP contribution < -0.4 is 9.47 Å². The normalized spacial score (nSPS) is 11.7. The van der Waals surface area contributed by atoms with Crippen molar-refractivity contribution in [1.82, 2.24) is 10.2 Å². The van der Waals surface area contributed by atoms with E-state index in [-0.39, 0.29) is 24.1 Å². The summed E-state index contributed by atoms with van der Waals surface area (Å²) in [5.74, 6) is 1.00. The molecule has 0 spiro atoms. The third-order valence-corrected chi connectivity index (χ3v) is 4.47. The summed E-state index contributed by atoms with van der Waals surface area (Å²) in [6.45, 7) is 1.69. The summed E-state index contributed by atoms with van der Waals surface area (Å²) in [6, 6.07) is 15.8. The number of hydrogen-bond acceptors (Lipinski definition) is 8. The molecular weight excluding hydrogens is 419 g/mol. The Morgan fingerprint density at radius 2 is 1.69 bits per heavy atom. The molecule has 0 aliphatic heterocycles. The number of methoxy groups -OCH3 is 1. The molecule has 164 valence electrons. The Labute approximate surface area is 182 Å². The summed E-state index contributed by atoms with van der Waals surface area (Å²) in [5, 5.41) is 7.95. The zero-order chi connectivity index (χ0) is 22.5. The van der Waals surface area contributed by atoms with Gasteiger partial charge in [-0.3, -0.25) is 0 Å². The zero-order valence-corrected chi connectivity index (χ0v) is 17.3. The van der Waals surface area contributed by atoms with E-state index in [2.05, 4.69) is 10.2 Å². The second kappa shape index (κ2) is 9.34. The maximum atomic E-state index is 12.9. The van der Waals surface area contributed by atoms with Crippen molar-refractivity contribution in [2.75, 3.05) is 7.11 Å². The number of benzene rings is 2. The van der Waals surface area contributed by atoms with Crippen molar-refractivity contribution in [2.45, 2.75) is 19.6 Å². The van der Waals surface area contributed by atoms with Crippen LogP contribution in [0, 0.1) is 5.82 Å². The molecule has 32 heavy (non-hydrogen) atoms. The van der Waals surface area contributed by atoms with E-state index in [1.54, 1.807) is 44.4 Å². The summed E-state index contributed by atoms with van der Waals surface area (Å²) < 4.78 is 40.0. The lowest BCUT2D eigenvalue weighted by molar-refractivity contribution is 0.0241. The monoisotopic (exact) mass is 438 g/mol. The van der Waals surface area contributed by atoms with Gasteiger partial charge in [-0.1, -0.05) is 0 Å². The number of rotatable bonds is 8. The molecular formula is C23H19FN2O6. The molecule has 0 amide bonds. The zero-order valence-electron chi connectivity index (χ0n) is 17.3. The van der Waals surface area contributed by atoms with Gasteiger partial charge in [0.25, 0.3) is 5.89 Å². The number of carbonyl (C=O) groups excluding carboxylic acids is 1. The van der Waals surface area contributed by atoms with Crippen LogP contribution in [0.15, 0.2) is 69.5 Å². The maximum Gasteiger partial charge on any atom is 0.375 e. The second-order valence-corrected chi connectivity index (χ2v) is 6.73. The highest BCUT2D eigenvalue weighted by molar-refractivity contribution is 5.86. The van der Waals surface area contributed by atoms with Gasteiger partial charge in [-0.2, -0.15) is 0 Å². The first-order valence-corrected chi connectivity index (χ1v) is 9.67. The molecule has 0 radical (unpaired) electrons. The smallest absolute Gasteiger partial charge is 0.375 e. The topological polar surface area (TPSA) is 96.8 Å². The summed E-state index contributed by atoms with van der Waals surface area (Å²) in [7, 11) is 1.58. The SMILES string of the molecule is COc1ccc(-c2nnc(C(C)OC(=O)c3ccc(COc4ccc(F)cc4)o3)o2)cc1. The highest BCUT2D eigenvalue weighted by atomic mass is 19.1. The van der Waals surface area contributed by atoms with E-state index in [1.807, 2.05) is 0 Å². The quantitative estimate of drug-likeness (QED) is 0.356. The lowest BCUT2D eigenvalue weighted by Crippen LogP contribution is -2.08. The van der Waals surface area contributed by atoms with Gasteiger partial charge in [0.2, 0.25) is 11.7 Å². The predicted molar refractivity (Wildman–Crippen MR) is 110 cm³/mol. The molecule has 8 nitrogen and oxygen atoms in total. The highest BCUT2D eigenvalue weighted by Crippen LogP contribution is 2.25. The number of nitrogens with zero attached hydrogens (tertiary/aromatic N) is 2. The van der Waals surface area contributed by atoms with Gasteiger partial charge in [0.15, 0.2) is 6.10 Å². The maximum absolute atomic E-state index is 12.9. The Morgan fingerprint density at radius 3 is 2.41 bits per heavy atom. The van der Waals surface area contributed by atoms with Gasteiger partial charge < -0.3 is 23.0 Å². The van der Waals surface area contributed by atoms with Crippen LogP contribution in [0.25, 0.3) is 11.5 Å². The molecule has 0 saturated carbocycles. The molecule has 0 bridgehead atoms. The summed E-state index contributed by atoms with van der Waals surface area (Å²) >= 11 is 0. The Balaban J connectivity index is 1.34. The van der Waals surface area contributed by atoms with E-state index >= 15 is 0 Å². The standard InChI is InChI=1S/C23H19FN2O6/c1-14(21-25-26-22(32-21)15-3-7-17(28-2)8-4-15)30-23(27)20-12-11-19(31-20)13-29-18-9-5-16(24)6-10-18/h3-12,14H,13H2,1-2H3. The van der Waals surface area contributed by atoms with Crippen molar-refractivity contribution in [2.24, 2.45) is 0 Å². The van der Waals surface area contributed by atoms with Crippen molar-refractivity contribution in [1.29, 1.82) is 0 Å². The van der Waals surface area contributed by atoms with Crippen LogP contribution in [0.1, 0.15) is 35.2 Å². The molecule has 1 unspecified atom stereocenters. The Hall–Kier alpha value is -4.14. The number of hydrogen-bond donors (Lipinski definition) is 0. The van der Waals surface area contributed by atoms with E-state index in [1.165, 1.54) is 30.3 Å². The van der Waals surface area contributed by atoms with Crippen LogP contribution in [-0.2, 0) is 11.3 Å². The molecule has 4 rings (SSSR count). The van der Waals surface area contributed by atoms with Crippen LogP contribution in [0.5, 0.6) is 11.5 Å². The van der Waals surface area contributed by atoms with Gasteiger partial charge in [0.05, 0.1) is 7.11 Å². The molecule has 9 heteroatoms. The van der Waals surface area contributed by atoms with Crippen molar-refractivity contribution in [3.05, 3.63) is 83.9 Å². The minimum absolute atomic E-state index is 0.00412. The van der Waals surface area contributed by atoms with Gasteiger partial charge in [-0.15, -0.1) is 10.2 Å². The Kier molecular flexibility index (Phi) is 6.16. The minimum Gasteiger partial charge on any atom is -0.497 e.